The van der Waals surface area contributed by atoms with Crippen molar-refractivity contribution in [3.05, 3.63) is 59.7 Å². The number of nitrogens with zero attached hydrogens (tertiary/aromatic N) is 2. The Bertz CT molecular complexity index is 1030. The summed E-state index contributed by atoms with van der Waals surface area (Å²) in [4.78, 5) is 21.1. The van der Waals surface area contributed by atoms with Crippen LogP contribution in [0.2, 0.25) is 0 Å². The minimum absolute atomic E-state index is 0.148. The summed E-state index contributed by atoms with van der Waals surface area (Å²) in [5.41, 5.74) is 1.70. The number of carbonyl (C=O) groups excluding carboxylic acids is 1. The summed E-state index contributed by atoms with van der Waals surface area (Å²) in [5, 5.41) is 2.91. The van der Waals surface area contributed by atoms with E-state index in [1.54, 1.807) is 0 Å². The largest absolute Gasteiger partial charge is 0.490 e. The van der Waals surface area contributed by atoms with Crippen LogP contribution in [0.25, 0.3) is 11.0 Å². The number of fused-ring (bicyclic) bond motifs is 1. The zero-order chi connectivity index (χ0) is 21.5. The molecular weight excluding hydrogens is 385 g/mol. The number of ether oxygens (including phenoxy) is 2. The SMILES string of the molecule is CCCOc1ccc(C(C)NC(=O)c2cc(F)cc3nccnc23)cc1OCCC. The summed E-state index contributed by atoms with van der Waals surface area (Å²) in [6.07, 6.45) is 4.71. The topological polar surface area (TPSA) is 73.3 Å². The van der Waals surface area contributed by atoms with Crippen LogP contribution < -0.4 is 14.8 Å². The van der Waals surface area contributed by atoms with E-state index < -0.39 is 11.7 Å². The molecule has 1 unspecified atom stereocenters. The molecule has 3 rings (SSSR count). The summed E-state index contributed by atoms with van der Waals surface area (Å²) in [6, 6.07) is 7.71. The van der Waals surface area contributed by atoms with E-state index in [9.17, 15) is 9.18 Å². The number of halogens is 1. The van der Waals surface area contributed by atoms with Crippen molar-refractivity contribution in [2.24, 2.45) is 0 Å². The fraction of sp³-hybridized carbons (Fsp3) is 0.348. The van der Waals surface area contributed by atoms with E-state index >= 15 is 0 Å². The van der Waals surface area contributed by atoms with Gasteiger partial charge < -0.3 is 14.8 Å². The number of hydrogen-bond donors (Lipinski definition) is 1. The molecule has 2 aromatic carbocycles. The summed E-state index contributed by atoms with van der Waals surface area (Å²) in [6.45, 7) is 7.10. The van der Waals surface area contributed by atoms with Crippen LogP contribution in [0, 0.1) is 5.82 Å². The summed E-state index contributed by atoms with van der Waals surface area (Å²) >= 11 is 0. The highest BCUT2D eigenvalue weighted by molar-refractivity contribution is 6.04. The van der Waals surface area contributed by atoms with E-state index in [1.165, 1.54) is 24.5 Å². The van der Waals surface area contributed by atoms with Crippen molar-refractivity contribution < 1.29 is 18.7 Å². The molecule has 0 saturated carbocycles. The molecule has 1 atom stereocenters. The Morgan fingerprint density at radius 2 is 1.73 bits per heavy atom. The third-order valence-electron chi connectivity index (χ3n) is 4.52. The smallest absolute Gasteiger partial charge is 0.254 e. The molecule has 1 amide bonds. The second-order valence-corrected chi connectivity index (χ2v) is 6.98. The summed E-state index contributed by atoms with van der Waals surface area (Å²) in [5.74, 6) is 0.369. The Kier molecular flexibility index (Phi) is 7.17. The van der Waals surface area contributed by atoms with E-state index in [-0.39, 0.29) is 11.6 Å². The Morgan fingerprint density at radius 3 is 2.47 bits per heavy atom. The normalized spacial score (nSPS) is 11.9. The van der Waals surface area contributed by atoms with Crippen molar-refractivity contribution in [3.8, 4) is 11.5 Å². The third kappa shape index (κ3) is 5.03. The van der Waals surface area contributed by atoms with Gasteiger partial charge in [-0.05, 0) is 43.5 Å². The summed E-state index contributed by atoms with van der Waals surface area (Å²) in [7, 11) is 0. The third-order valence-corrected chi connectivity index (χ3v) is 4.52. The van der Waals surface area contributed by atoms with Crippen LogP contribution in [0.15, 0.2) is 42.7 Å². The van der Waals surface area contributed by atoms with Crippen molar-refractivity contribution in [3.63, 3.8) is 0 Å². The van der Waals surface area contributed by atoms with E-state index in [0.29, 0.717) is 35.7 Å². The predicted molar refractivity (Wildman–Crippen MR) is 113 cm³/mol. The molecule has 0 fully saturated rings. The van der Waals surface area contributed by atoms with Crippen LogP contribution in [0.3, 0.4) is 0 Å². The van der Waals surface area contributed by atoms with Crippen LogP contribution in [0.4, 0.5) is 4.39 Å². The van der Waals surface area contributed by atoms with E-state index in [2.05, 4.69) is 15.3 Å². The zero-order valence-electron chi connectivity index (χ0n) is 17.4. The molecule has 158 valence electrons. The van der Waals surface area contributed by atoms with E-state index in [0.717, 1.165) is 18.4 Å². The number of nitrogens with one attached hydrogen (secondary N) is 1. The highest BCUT2D eigenvalue weighted by Gasteiger charge is 2.18. The lowest BCUT2D eigenvalue weighted by molar-refractivity contribution is 0.0941. The number of hydrogen-bond acceptors (Lipinski definition) is 5. The predicted octanol–water partition coefficient (Wildman–Crippen LogP) is 4.84. The number of carbonyl (C=O) groups is 1. The van der Waals surface area contributed by atoms with Crippen LogP contribution in [-0.4, -0.2) is 29.1 Å². The molecule has 0 aliphatic heterocycles. The average Bonchev–Trinajstić information content (AvgIpc) is 2.75. The molecule has 0 spiro atoms. The monoisotopic (exact) mass is 411 g/mol. The van der Waals surface area contributed by atoms with Gasteiger partial charge in [0.1, 0.15) is 11.3 Å². The van der Waals surface area contributed by atoms with Gasteiger partial charge in [-0.15, -0.1) is 0 Å². The maximum Gasteiger partial charge on any atom is 0.254 e. The average molecular weight is 411 g/mol. The maximum absolute atomic E-state index is 14.0. The fourth-order valence-corrected chi connectivity index (χ4v) is 3.02. The Labute approximate surface area is 175 Å². The van der Waals surface area contributed by atoms with Crippen LogP contribution in [0.1, 0.15) is 55.6 Å². The molecular formula is C23H26FN3O3. The molecule has 0 radical (unpaired) electrons. The molecule has 30 heavy (non-hydrogen) atoms. The molecule has 1 heterocycles. The molecule has 3 aromatic rings. The first-order chi connectivity index (χ1) is 14.5. The van der Waals surface area contributed by atoms with Crippen LogP contribution >= 0.6 is 0 Å². The van der Waals surface area contributed by atoms with Gasteiger partial charge in [0.25, 0.3) is 5.91 Å². The standard InChI is InChI=1S/C23H26FN3O3/c1-4-10-29-20-7-6-16(12-21(20)30-11-5-2)15(3)27-23(28)18-13-17(24)14-19-22(18)26-9-8-25-19/h6-9,12-15H,4-5,10-11H2,1-3H3,(H,27,28). The molecule has 6 nitrogen and oxygen atoms in total. The van der Waals surface area contributed by atoms with Crippen molar-refractivity contribution >= 4 is 16.9 Å². The number of benzene rings is 2. The van der Waals surface area contributed by atoms with Gasteiger partial charge in [0, 0.05) is 18.5 Å². The first-order valence-corrected chi connectivity index (χ1v) is 10.1. The molecule has 0 aliphatic rings. The second kappa shape index (κ2) is 10.0. The quantitative estimate of drug-likeness (QED) is 0.546. The van der Waals surface area contributed by atoms with Gasteiger partial charge in [-0.2, -0.15) is 0 Å². The van der Waals surface area contributed by atoms with Gasteiger partial charge in [-0.25, -0.2) is 4.39 Å². The van der Waals surface area contributed by atoms with Crippen molar-refractivity contribution in [1.29, 1.82) is 0 Å². The van der Waals surface area contributed by atoms with Crippen LogP contribution in [-0.2, 0) is 0 Å². The zero-order valence-corrected chi connectivity index (χ0v) is 17.4. The Morgan fingerprint density at radius 1 is 1.03 bits per heavy atom. The minimum Gasteiger partial charge on any atom is -0.490 e. The molecule has 0 bridgehead atoms. The number of rotatable bonds is 9. The molecule has 7 heteroatoms. The van der Waals surface area contributed by atoms with Crippen LogP contribution in [0.5, 0.6) is 11.5 Å². The fourth-order valence-electron chi connectivity index (χ4n) is 3.02. The Hall–Kier alpha value is -3.22. The molecule has 1 N–H and O–H groups in total. The van der Waals surface area contributed by atoms with Gasteiger partial charge in [0.2, 0.25) is 0 Å². The molecule has 0 aliphatic carbocycles. The van der Waals surface area contributed by atoms with E-state index in [1.807, 2.05) is 39.0 Å². The lowest BCUT2D eigenvalue weighted by Crippen LogP contribution is -2.27. The van der Waals surface area contributed by atoms with Gasteiger partial charge in [0.15, 0.2) is 11.5 Å². The van der Waals surface area contributed by atoms with Crippen molar-refractivity contribution in [2.75, 3.05) is 13.2 Å². The second-order valence-electron chi connectivity index (χ2n) is 6.98. The first-order valence-electron chi connectivity index (χ1n) is 10.1. The minimum atomic E-state index is -0.534. The van der Waals surface area contributed by atoms with Crippen molar-refractivity contribution in [1.82, 2.24) is 15.3 Å². The first kappa shape index (κ1) is 21.5. The molecule has 1 aromatic heterocycles. The van der Waals surface area contributed by atoms with E-state index in [4.69, 9.17) is 9.47 Å². The number of aromatic nitrogens is 2. The van der Waals surface area contributed by atoms with Gasteiger partial charge in [-0.1, -0.05) is 19.9 Å². The Balaban J connectivity index is 1.83. The van der Waals surface area contributed by atoms with Gasteiger partial charge in [0.05, 0.1) is 30.3 Å². The highest BCUT2D eigenvalue weighted by Crippen LogP contribution is 2.31. The number of amides is 1. The maximum atomic E-state index is 14.0. The van der Waals surface area contributed by atoms with Gasteiger partial charge in [-0.3, -0.25) is 14.8 Å². The lowest BCUT2D eigenvalue weighted by atomic mass is 10.1. The lowest BCUT2D eigenvalue weighted by Gasteiger charge is -2.18. The van der Waals surface area contributed by atoms with Gasteiger partial charge >= 0.3 is 0 Å². The summed E-state index contributed by atoms with van der Waals surface area (Å²) < 4.78 is 25.5. The highest BCUT2D eigenvalue weighted by atomic mass is 19.1. The van der Waals surface area contributed by atoms with Crippen molar-refractivity contribution in [2.45, 2.75) is 39.7 Å². The molecule has 0 saturated heterocycles.